The maximum atomic E-state index is 3.91. The van der Waals surface area contributed by atoms with Crippen LogP contribution in [-0.2, 0) is 0 Å². The van der Waals surface area contributed by atoms with Gasteiger partial charge >= 0.3 is 0 Å². The van der Waals surface area contributed by atoms with E-state index in [9.17, 15) is 0 Å². The van der Waals surface area contributed by atoms with Crippen molar-refractivity contribution in [1.29, 1.82) is 0 Å². The molecule has 0 saturated heterocycles. The highest BCUT2D eigenvalue weighted by Gasteiger charge is 2.39. The summed E-state index contributed by atoms with van der Waals surface area (Å²) in [5, 5.41) is 10.0. The molecule has 2 aliphatic carbocycles. The predicted octanol–water partition coefficient (Wildman–Crippen LogP) is 3.82. The van der Waals surface area contributed by atoms with Gasteiger partial charge in [0.05, 0.1) is 0 Å². The molecule has 22 heavy (non-hydrogen) atoms. The zero-order valence-electron chi connectivity index (χ0n) is 13.4. The second-order valence-electron chi connectivity index (χ2n) is 7.06. The highest BCUT2D eigenvalue weighted by atomic mass is 15.0. The van der Waals surface area contributed by atoms with Crippen molar-refractivity contribution in [2.24, 2.45) is 0 Å². The fourth-order valence-electron chi connectivity index (χ4n) is 4.04. The molecule has 116 valence electrons. The summed E-state index contributed by atoms with van der Waals surface area (Å²) < 4.78 is 0. The second-order valence-corrected chi connectivity index (χ2v) is 7.06. The summed E-state index contributed by atoms with van der Waals surface area (Å²) in [5.74, 6) is 0.728. The Kier molecular flexibility index (Phi) is 3.89. The van der Waals surface area contributed by atoms with E-state index >= 15 is 0 Å². The standard InChI is InChI=1S/C20H26N2/c1-21-17-8-10-18(11-9-17)22-20-13-19(20)16-7-6-14-4-2-3-5-15(14)12-16/h2-7,12,17-22H,8-11,13H2,1H3/t17-,18-,19-,20?/m0/s1. The third-order valence-corrected chi connectivity index (χ3v) is 5.58. The summed E-state index contributed by atoms with van der Waals surface area (Å²) in [7, 11) is 2.09. The molecule has 2 aliphatic rings. The van der Waals surface area contributed by atoms with Crippen molar-refractivity contribution in [3.8, 4) is 0 Å². The first-order chi connectivity index (χ1) is 10.8. The third kappa shape index (κ3) is 2.90. The van der Waals surface area contributed by atoms with Crippen molar-refractivity contribution in [3.05, 3.63) is 48.0 Å². The van der Waals surface area contributed by atoms with Crippen LogP contribution in [0.3, 0.4) is 0 Å². The van der Waals surface area contributed by atoms with Crippen LogP contribution in [0, 0.1) is 0 Å². The molecule has 4 rings (SSSR count). The van der Waals surface area contributed by atoms with E-state index in [1.807, 2.05) is 0 Å². The molecule has 1 unspecified atom stereocenters. The molecule has 0 spiro atoms. The van der Waals surface area contributed by atoms with Crippen LogP contribution in [0.4, 0.5) is 0 Å². The van der Waals surface area contributed by atoms with Crippen LogP contribution in [0.1, 0.15) is 43.6 Å². The summed E-state index contributed by atoms with van der Waals surface area (Å²) in [6, 6.07) is 17.8. The van der Waals surface area contributed by atoms with E-state index in [4.69, 9.17) is 0 Å². The Bertz CT molecular complexity index is 643. The van der Waals surface area contributed by atoms with Gasteiger partial charge in [0, 0.05) is 24.0 Å². The highest BCUT2D eigenvalue weighted by Crippen LogP contribution is 2.42. The Morgan fingerprint density at radius 2 is 1.59 bits per heavy atom. The molecule has 2 fully saturated rings. The SMILES string of the molecule is CN[C@H]1CC[C@H](NC2C[C@H]2c2ccc3ccccc3c2)CC1. The Morgan fingerprint density at radius 3 is 2.36 bits per heavy atom. The summed E-state index contributed by atoms with van der Waals surface area (Å²) in [4.78, 5) is 0. The monoisotopic (exact) mass is 294 g/mol. The number of fused-ring (bicyclic) bond motifs is 1. The molecule has 2 atom stereocenters. The van der Waals surface area contributed by atoms with Crippen molar-refractivity contribution < 1.29 is 0 Å². The van der Waals surface area contributed by atoms with Crippen molar-refractivity contribution in [1.82, 2.24) is 10.6 Å². The minimum Gasteiger partial charge on any atom is -0.317 e. The molecule has 0 amide bonds. The van der Waals surface area contributed by atoms with Gasteiger partial charge < -0.3 is 10.6 Å². The quantitative estimate of drug-likeness (QED) is 0.896. The molecule has 0 bridgehead atoms. The van der Waals surface area contributed by atoms with Crippen LogP contribution in [-0.4, -0.2) is 25.2 Å². The molecule has 0 aliphatic heterocycles. The van der Waals surface area contributed by atoms with E-state index in [1.54, 1.807) is 0 Å². The Balaban J connectivity index is 1.37. The molecule has 2 aromatic rings. The lowest BCUT2D eigenvalue weighted by molar-refractivity contribution is 0.315. The van der Waals surface area contributed by atoms with Crippen LogP contribution in [0.2, 0.25) is 0 Å². The van der Waals surface area contributed by atoms with Gasteiger partial charge in [-0.3, -0.25) is 0 Å². The minimum atomic E-state index is 0.706. The fraction of sp³-hybridized carbons (Fsp3) is 0.500. The molecule has 2 nitrogen and oxygen atoms in total. The lowest BCUT2D eigenvalue weighted by atomic mass is 9.91. The van der Waals surface area contributed by atoms with Crippen molar-refractivity contribution in [2.45, 2.75) is 56.1 Å². The first kappa shape index (κ1) is 14.2. The van der Waals surface area contributed by atoms with E-state index in [-0.39, 0.29) is 0 Å². The van der Waals surface area contributed by atoms with Gasteiger partial charge in [0.2, 0.25) is 0 Å². The smallest absolute Gasteiger partial charge is 0.0145 e. The molecule has 2 heteroatoms. The normalized spacial score (nSPS) is 31.3. The maximum absolute atomic E-state index is 3.91. The van der Waals surface area contributed by atoms with Gasteiger partial charge in [0.1, 0.15) is 0 Å². The van der Waals surface area contributed by atoms with Crippen LogP contribution in [0.5, 0.6) is 0 Å². The third-order valence-electron chi connectivity index (χ3n) is 5.58. The Hall–Kier alpha value is -1.38. The topological polar surface area (TPSA) is 24.1 Å². The molecule has 0 heterocycles. The summed E-state index contributed by atoms with van der Waals surface area (Å²) in [5.41, 5.74) is 1.51. The van der Waals surface area contributed by atoms with E-state index < -0.39 is 0 Å². The van der Waals surface area contributed by atoms with Crippen molar-refractivity contribution in [2.75, 3.05) is 7.05 Å². The Morgan fingerprint density at radius 1 is 0.864 bits per heavy atom. The minimum absolute atomic E-state index is 0.706. The number of nitrogens with one attached hydrogen (secondary N) is 2. The Labute approximate surface area is 133 Å². The van der Waals surface area contributed by atoms with Gasteiger partial charge in [0.15, 0.2) is 0 Å². The molecule has 0 aromatic heterocycles. The first-order valence-electron chi connectivity index (χ1n) is 8.75. The largest absolute Gasteiger partial charge is 0.317 e. The van der Waals surface area contributed by atoms with Gasteiger partial charge in [0.25, 0.3) is 0 Å². The number of hydrogen-bond acceptors (Lipinski definition) is 2. The summed E-state index contributed by atoms with van der Waals surface area (Å²) in [6.45, 7) is 0. The summed E-state index contributed by atoms with van der Waals surface area (Å²) >= 11 is 0. The first-order valence-corrected chi connectivity index (χ1v) is 8.75. The van der Waals surface area contributed by atoms with Gasteiger partial charge in [-0.25, -0.2) is 0 Å². The van der Waals surface area contributed by atoms with Crippen molar-refractivity contribution in [3.63, 3.8) is 0 Å². The van der Waals surface area contributed by atoms with E-state index in [2.05, 4.69) is 60.1 Å². The molecule has 2 saturated carbocycles. The number of hydrogen-bond donors (Lipinski definition) is 2. The lowest BCUT2D eigenvalue weighted by Crippen LogP contribution is -2.39. The molecular formula is C20H26N2. The predicted molar refractivity (Wildman–Crippen MR) is 93.3 cm³/mol. The van der Waals surface area contributed by atoms with Crippen LogP contribution in [0.15, 0.2) is 42.5 Å². The van der Waals surface area contributed by atoms with Gasteiger partial charge in [-0.05, 0) is 55.5 Å². The lowest BCUT2D eigenvalue weighted by Gasteiger charge is -2.29. The van der Waals surface area contributed by atoms with Crippen LogP contribution in [0.25, 0.3) is 10.8 Å². The van der Waals surface area contributed by atoms with E-state index in [1.165, 1.54) is 48.4 Å². The second kappa shape index (κ2) is 6.02. The van der Waals surface area contributed by atoms with E-state index in [0.29, 0.717) is 6.04 Å². The van der Waals surface area contributed by atoms with Gasteiger partial charge in [-0.15, -0.1) is 0 Å². The maximum Gasteiger partial charge on any atom is 0.0145 e. The zero-order chi connectivity index (χ0) is 14.9. The fourth-order valence-corrected chi connectivity index (χ4v) is 4.04. The number of benzene rings is 2. The van der Waals surface area contributed by atoms with Crippen molar-refractivity contribution >= 4 is 10.8 Å². The van der Waals surface area contributed by atoms with E-state index in [0.717, 1.165) is 18.0 Å². The summed E-state index contributed by atoms with van der Waals surface area (Å²) in [6.07, 6.45) is 6.60. The molecule has 2 N–H and O–H groups in total. The number of rotatable bonds is 4. The molecule has 0 radical (unpaired) electrons. The molecular weight excluding hydrogens is 268 g/mol. The van der Waals surface area contributed by atoms with Crippen LogP contribution >= 0.6 is 0 Å². The highest BCUT2D eigenvalue weighted by molar-refractivity contribution is 5.83. The van der Waals surface area contributed by atoms with Crippen LogP contribution < -0.4 is 10.6 Å². The van der Waals surface area contributed by atoms with Gasteiger partial charge in [-0.1, -0.05) is 42.5 Å². The average Bonchev–Trinajstić information content (AvgIpc) is 3.34. The zero-order valence-corrected chi connectivity index (χ0v) is 13.4. The van der Waals surface area contributed by atoms with Gasteiger partial charge in [-0.2, -0.15) is 0 Å². The molecule has 2 aromatic carbocycles. The average molecular weight is 294 g/mol.